The number of ether oxygens (including phenoxy) is 1. The number of hydrogen-bond acceptors (Lipinski definition) is 7. The van der Waals surface area contributed by atoms with E-state index in [1.165, 1.54) is 19.2 Å². The molecule has 0 aliphatic rings. The summed E-state index contributed by atoms with van der Waals surface area (Å²) in [7, 11) is 3.26. The molecule has 0 radical (unpaired) electrons. The predicted octanol–water partition coefficient (Wildman–Crippen LogP) is 4.02. The molecular weight excluding hydrogens is 372 g/mol. The quantitative estimate of drug-likeness (QED) is 0.301. The third-order valence-electron chi connectivity index (χ3n) is 4.87. The second kappa shape index (κ2) is 7.75. The van der Waals surface area contributed by atoms with Crippen molar-refractivity contribution in [2.45, 2.75) is 19.9 Å². The van der Waals surface area contributed by atoms with E-state index in [1.807, 2.05) is 31.9 Å². The van der Waals surface area contributed by atoms with E-state index in [1.54, 1.807) is 24.3 Å². The number of benzene rings is 2. The number of rotatable bonds is 5. The van der Waals surface area contributed by atoms with E-state index in [0.717, 1.165) is 11.1 Å². The lowest BCUT2D eigenvalue weighted by molar-refractivity contribution is -0.383. The minimum absolute atomic E-state index is 0.0982. The highest BCUT2D eigenvalue weighted by Crippen LogP contribution is 2.36. The highest BCUT2D eigenvalue weighted by Gasteiger charge is 2.19. The lowest BCUT2D eigenvalue weighted by atomic mass is 10.0. The van der Waals surface area contributed by atoms with E-state index < -0.39 is 10.9 Å². The number of esters is 1. The predicted molar refractivity (Wildman–Crippen MR) is 113 cm³/mol. The lowest BCUT2D eigenvalue weighted by Crippen LogP contribution is -2.26. The second-order valence-electron chi connectivity index (χ2n) is 6.99. The van der Waals surface area contributed by atoms with Crippen molar-refractivity contribution in [3.05, 3.63) is 58.1 Å². The minimum atomic E-state index is -0.506. The molecule has 29 heavy (non-hydrogen) atoms. The number of nitrogens with two attached hydrogens (primary N) is 1. The molecule has 2 aromatic carbocycles. The van der Waals surface area contributed by atoms with Gasteiger partial charge >= 0.3 is 5.97 Å². The number of carbonyl (C=O) groups is 1. The van der Waals surface area contributed by atoms with Crippen LogP contribution in [0.4, 0.5) is 17.1 Å². The maximum atomic E-state index is 11.9. The molecule has 8 nitrogen and oxygen atoms in total. The van der Waals surface area contributed by atoms with E-state index in [4.69, 9.17) is 15.5 Å². The standard InChI is InChI=1S/C21H22N4O4/c1-12(2)24(3)19-11-15-9-14(21(26)29-4)6-8-17(15)23-20(19)13-5-7-16(22)18(10-13)25(27)28/h5-12H,22H2,1-4H3. The summed E-state index contributed by atoms with van der Waals surface area (Å²) in [5, 5.41) is 12.1. The van der Waals surface area contributed by atoms with Crippen molar-refractivity contribution in [1.29, 1.82) is 0 Å². The zero-order valence-electron chi connectivity index (χ0n) is 16.7. The molecular formula is C21H22N4O4. The summed E-state index contributed by atoms with van der Waals surface area (Å²) in [6.07, 6.45) is 0. The van der Waals surface area contributed by atoms with Crippen LogP contribution in [-0.2, 0) is 4.74 Å². The van der Waals surface area contributed by atoms with Crippen LogP contribution in [0.1, 0.15) is 24.2 Å². The van der Waals surface area contributed by atoms with Crippen LogP contribution in [0.2, 0.25) is 0 Å². The molecule has 3 rings (SSSR count). The Hall–Kier alpha value is -3.68. The Morgan fingerprint density at radius 1 is 1.21 bits per heavy atom. The average Bonchev–Trinajstić information content (AvgIpc) is 2.71. The van der Waals surface area contributed by atoms with Crippen molar-refractivity contribution in [1.82, 2.24) is 4.98 Å². The molecule has 0 bridgehead atoms. The van der Waals surface area contributed by atoms with E-state index in [-0.39, 0.29) is 17.4 Å². The zero-order chi connectivity index (χ0) is 21.3. The maximum absolute atomic E-state index is 11.9. The zero-order valence-corrected chi connectivity index (χ0v) is 16.7. The summed E-state index contributed by atoms with van der Waals surface area (Å²) < 4.78 is 4.80. The maximum Gasteiger partial charge on any atom is 0.337 e. The van der Waals surface area contributed by atoms with Crippen LogP contribution in [0.3, 0.4) is 0 Å². The van der Waals surface area contributed by atoms with Gasteiger partial charge in [0.15, 0.2) is 0 Å². The molecule has 0 amide bonds. The first-order valence-corrected chi connectivity index (χ1v) is 9.03. The fraction of sp³-hybridized carbons (Fsp3) is 0.238. The topological polar surface area (TPSA) is 112 Å². The van der Waals surface area contributed by atoms with Gasteiger partial charge in [-0.25, -0.2) is 9.78 Å². The largest absolute Gasteiger partial charge is 0.465 e. The number of aromatic nitrogens is 1. The number of nitrogen functional groups attached to an aromatic ring is 1. The number of nitro benzene ring substituents is 1. The SMILES string of the molecule is COC(=O)c1ccc2nc(-c3ccc(N)c([N+](=O)[O-])c3)c(N(C)C(C)C)cc2c1. The first-order chi connectivity index (χ1) is 13.7. The molecule has 0 unspecified atom stereocenters. The third kappa shape index (κ3) is 3.82. The monoisotopic (exact) mass is 394 g/mol. The van der Waals surface area contributed by atoms with E-state index >= 15 is 0 Å². The average molecular weight is 394 g/mol. The number of nitrogens with zero attached hydrogens (tertiary/aromatic N) is 3. The molecule has 0 atom stereocenters. The van der Waals surface area contributed by atoms with Crippen molar-refractivity contribution in [3.8, 4) is 11.3 Å². The Labute approximate surface area is 168 Å². The van der Waals surface area contributed by atoms with Crippen LogP contribution < -0.4 is 10.6 Å². The van der Waals surface area contributed by atoms with Crippen LogP contribution >= 0.6 is 0 Å². The molecule has 1 heterocycles. The first kappa shape index (κ1) is 20.1. The molecule has 0 aliphatic heterocycles. The van der Waals surface area contributed by atoms with Gasteiger partial charge in [0.1, 0.15) is 5.69 Å². The van der Waals surface area contributed by atoms with Crippen LogP contribution in [-0.4, -0.2) is 36.1 Å². The Bertz CT molecular complexity index is 1110. The Balaban J connectivity index is 2.27. The summed E-state index contributed by atoms with van der Waals surface area (Å²) in [4.78, 5) is 29.5. The van der Waals surface area contributed by atoms with Crippen LogP contribution in [0.15, 0.2) is 42.5 Å². The summed E-state index contributed by atoms with van der Waals surface area (Å²) in [6, 6.07) is 11.8. The van der Waals surface area contributed by atoms with Gasteiger partial charge in [-0.2, -0.15) is 0 Å². The van der Waals surface area contributed by atoms with E-state index in [2.05, 4.69) is 0 Å². The first-order valence-electron chi connectivity index (χ1n) is 9.03. The number of carbonyl (C=O) groups excluding carboxylic acids is 1. The molecule has 1 aromatic heterocycles. The van der Waals surface area contributed by atoms with Gasteiger partial charge in [0.05, 0.1) is 34.5 Å². The molecule has 0 spiro atoms. The molecule has 150 valence electrons. The summed E-state index contributed by atoms with van der Waals surface area (Å²) >= 11 is 0. The lowest BCUT2D eigenvalue weighted by Gasteiger charge is -2.26. The van der Waals surface area contributed by atoms with Gasteiger partial charge in [-0.1, -0.05) is 6.07 Å². The molecule has 0 fully saturated rings. The van der Waals surface area contributed by atoms with E-state index in [0.29, 0.717) is 22.3 Å². The number of fused-ring (bicyclic) bond motifs is 1. The molecule has 8 heteroatoms. The summed E-state index contributed by atoms with van der Waals surface area (Å²) in [6.45, 7) is 4.06. The van der Waals surface area contributed by atoms with Gasteiger partial charge in [-0.3, -0.25) is 10.1 Å². The van der Waals surface area contributed by atoms with E-state index in [9.17, 15) is 14.9 Å². The Kier molecular flexibility index (Phi) is 5.36. The van der Waals surface area contributed by atoms with Crippen LogP contribution in [0.5, 0.6) is 0 Å². The summed E-state index contributed by atoms with van der Waals surface area (Å²) in [5.74, 6) is -0.427. The molecule has 2 N–H and O–H groups in total. The number of pyridine rings is 1. The minimum Gasteiger partial charge on any atom is -0.465 e. The molecule has 3 aromatic rings. The second-order valence-corrected chi connectivity index (χ2v) is 6.99. The van der Waals surface area contributed by atoms with Crippen molar-refractivity contribution < 1.29 is 14.5 Å². The fourth-order valence-electron chi connectivity index (χ4n) is 3.02. The Morgan fingerprint density at radius 3 is 2.55 bits per heavy atom. The number of methoxy groups -OCH3 is 1. The molecule has 0 saturated heterocycles. The van der Waals surface area contributed by atoms with Gasteiger partial charge in [0.2, 0.25) is 0 Å². The summed E-state index contributed by atoms with van der Waals surface area (Å²) in [5.41, 5.74) is 8.74. The van der Waals surface area contributed by atoms with Crippen molar-refractivity contribution in [2.24, 2.45) is 0 Å². The normalized spacial score (nSPS) is 10.9. The number of anilines is 2. The van der Waals surface area contributed by atoms with Gasteiger partial charge < -0.3 is 15.4 Å². The van der Waals surface area contributed by atoms with Crippen LogP contribution in [0.25, 0.3) is 22.2 Å². The molecule has 0 saturated carbocycles. The fourth-order valence-corrected chi connectivity index (χ4v) is 3.02. The smallest absolute Gasteiger partial charge is 0.337 e. The van der Waals surface area contributed by atoms with Gasteiger partial charge in [0, 0.05) is 30.1 Å². The van der Waals surface area contributed by atoms with Gasteiger partial charge in [-0.05, 0) is 44.2 Å². The van der Waals surface area contributed by atoms with Crippen molar-refractivity contribution >= 4 is 33.9 Å². The molecule has 0 aliphatic carbocycles. The number of hydrogen-bond donors (Lipinski definition) is 1. The van der Waals surface area contributed by atoms with Gasteiger partial charge in [0.25, 0.3) is 5.69 Å². The van der Waals surface area contributed by atoms with Crippen molar-refractivity contribution in [3.63, 3.8) is 0 Å². The highest BCUT2D eigenvalue weighted by atomic mass is 16.6. The van der Waals surface area contributed by atoms with Crippen molar-refractivity contribution in [2.75, 3.05) is 24.8 Å². The van der Waals surface area contributed by atoms with Crippen LogP contribution in [0, 0.1) is 10.1 Å². The number of nitro groups is 1. The third-order valence-corrected chi connectivity index (χ3v) is 4.87. The Morgan fingerprint density at radius 2 is 1.93 bits per heavy atom. The van der Waals surface area contributed by atoms with Gasteiger partial charge in [-0.15, -0.1) is 0 Å². The highest BCUT2D eigenvalue weighted by molar-refractivity contribution is 5.97.